The molecular formula is C35H41FN6O4. The standard InChI is InChI=1S/C35H41FN6O4/c1-5-25-27(36)10-9-22-16-24(46-21-44-4)17-26(31(22)25)30-18-28-32(29-11-13-37-42(29)30)33(41-15-7-12-35(2,43)20-41)39-34(38-28)45-19-23-8-6-14-40(23)3/h9-11,13,16-18,23,43H,5-8,12,14-15,19-21H2,1-4H3/t23?,35-/m1/s1. The van der Waals surface area contributed by atoms with Crippen molar-refractivity contribution in [3.8, 4) is 23.0 Å². The van der Waals surface area contributed by atoms with Gasteiger partial charge < -0.3 is 29.1 Å². The van der Waals surface area contributed by atoms with Crippen molar-refractivity contribution >= 4 is 33.0 Å². The number of aromatic nitrogens is 4. The molecule has 0 amide bonds. The number of aliphatic hydroxyl groups is 1. The maximum Gasteiger partial charge on any atom is 0.319 e. The molecular weight excluding hydrogens is 587 g/mol. The number of methoxy groups -OCH3 is 1. The van der Waals surface area contributed by atoms with Crippen LogP contribution in [0.4, 0.5) is 10.2 Å². The number of ether oxygens (including phenoxy) is 3. The Hall–Kier alpha value is -4.06. The van der Waals surface area contributed by atoms with Gasteiger partial charge in [-0.15, -0.1) is 0 Å². The van der Waals surface area contributed by atoms with Gasteiger partial charge in [-0.1, -0.05) is 13.0 Å². The van der Waals surface area contributed by atoms with E-state index in [1.165, 1.54) is 6.07 Å². The number of hydrogen-bond donors (Lipinski definition) is 1. The molecule has 7 rings (SSSR count). The zero-order valence-corrected chi connectivity index (χ0v) is 26.9. The summed E-state index contributed by atoms with van der Waals surface area (Å²) in [5.74, 6) is 1.05. The highest BCUT2D eigenvalue weighted by molar-refractivity contribution is 6.06. The van der Waals surface area contributed by atoms with E-state index in [1.54, 1.807) is 19.4 Å². The molecule has 2 atom stereocenters. The molecule has 1 unspecified atom stereocenters. The van der Waals surface area contributed by atoms with E-state index in [9.17, 15) is 5.11 Å². The molecule has 1 N–H and O–H groups in total. The van der Waals surface area contributed by atoms with Gasteiger partial charge in [0.25, 0.3) is 0 Å². The first kappa shape index (κ1) is 30.6. The predicted molar refractivity (Wildman–Crippen MR) is 176 cm³/mol. The average Bonchev–Trinajstić information content (AvgIpc) is 3.70. The van der Waals surface area contributed by atoms with E-state index in [-0.39, 0.29) is 12.6 Å². The number of β-amino-alcohol motifs (C(OH)–C–C–N with tert-alkyl or cyclic N) is 1. The molecule has 0 aliphatic carbocycles. The van der Waals surface area contributed by atoms with Crippen LogP contribution in [0, 0.1) is 5.82 Å². The zero-order valence-electron chi connectivity index (χ0n) is 26.9. The van der Waals surface area contributed by atoms with Gasteiger partial charge in [0.1, 0.15) is 24.0 Å². The highest BCUT2D eigenvalue weighted by Gasteiger charge is 2.32. The minimum absolute atomic E-state index is 0.0781. The number of aryl methyl sites for hydroxylation is 1. The summed E-state index contributed by atoms with van der Waals surface area (Å²) in [5, 5.41) is 18.3. The van der Waals surface area contributed by atoms with E-state index >= 15 is 4.39 Å². The first-order valence-electron chi connectivity index (χ1n) is 16.1. The van der Waals surface area contributed by atoms with Crippen LogP contribution in [-0.4, -0.2) is 88.4 Å². The van der Waals surface area contributed by atoms with Crippen LogP contribution in [0.2, 0.25) is 0 Å². The van der Waals surface area contributed by atoms with Crippen molar-refractivity contribution in [2.24, 2.45) is 0 Å². The van der Waals surface area contributed by atoms with Crippen LogP contribution in [0.15, 0.2) is 42.6 Å². The van der Waals surface area contributed by atoms with Crippen molar-refractivity contribution in [1.82, 2.24) is 24.5 Å². The van der Waals surface area contributed by atoms with Crippen LogP contribution in [0.5, 0.6) is 11.8 Å². The summed E-state index contributed by atoms with van der Waals surface area (Å²) in [7, 11) is 3.70. The highest BCUT2D eigenvalue weighted by atomic mass is 19.1. The van der Waals surface area contributed by atoms with E-state index in [1.807, 2.05) is 42.6 Å². The third kappa shape index (κ3) is 5.61. The number of piperidine rings is 1. The molecule has 46 heavy (non-hydrogen) atoms. The molecule has 11 heteroatoms. The Labute approximate surface area is 267 Å². The monoisotopic (exact) mass is 628 g/mol. The fourth-order valence-electron chi connectivity index (χ4n) is 7.16. The van der Waals surface area contributed by atoms with Crippen molar-refractivity contribution in [3.05, 3.63) is 54.0 Å². The smallest absolute Gasteiger partial charge is 0.319 e. The second kappa shape index (κ2) is 12.3. The van der Waals surface area contributed by atoms with E-state index in [2.05, 4.69) is 16.8 Å². The highest BCUT2D eigenvalue weighted by Crippen LogP contribution is 2.40. The zero-order chi connectivity index (χ0) is 32.0. The summed E-state index contributed by atoms with van der Waals surface area (Å²) in [6.45, 7) is 6.63. The fraction of sp³-hybridized carbons (Fsp3) is 0.457. The minimum atomic E-state index is -0.845. The Morgan fingerprint density at radius 3 is 2.70 bits per heavy atom. The number of hydrogen-bond acceptors (Lipinski definition) is 9. The second-order valence-corrected chi connectivity index (χ2v) is 12.9. The van der Waals surface area contributed by atoms with Gasteiger partial charge in [-0.2, -0.15) is 15.1 Å². The fourth-order valence-corrected chi connectivity index (χ4v) is 7.16. The SMILES string of the molecule is CCc1c(F)ccc2cc(OCOC)cc(-c3cc4nc(OCC5CCCN5C)nc(N5CCC[C@@](C)(O)C5)c4c4ccnn34)c12. The molecule has 2 aliphatic rings. The van der Waals surface area contributed by atoms with Crippen LogP contribution in [0.3, 0.4) is 0 Å². The normalized spacial score (nSPS) is 20.7. The molecule has 0 saturated carbocycles. The summed E-state index contributed by atoms with van der Waals surface area (Å²) in [5.41, 5.74) is 2.76. The van der Waals surface area contributed by atoms with E-state index in [4.69, 9.17) is 29.3 Å². The molecule has 2 fully saturated rings. The maximum atomic E-state index is 15.3. The third-order valence-corrected chi connectivity index (χ3v) is 9.46. The number of anilines is 1. The van der Waals surface area contributed by atoms with Gasteiger partial charge in [-0.3, -0.25) is 0 Å². The Morgan fingerprint density at radius 2 is 1.93 bits per heavy atom. The van der Waals surface area contributed by atoms with Crippen molar-refractivity contribution in [1.29, 1.82) is 0 Å². The maximum absolute atomic E-state index is 15.3. The van der Waals surface area contributed by atoms with Gasteiger partial charge in [-0.25, -0.2) is 8.91 Å². The van der Waals surface area contributed by atoms with Crippen LogP contribution < -0.4 is 14.4 Å². The van der Waals surface area contributed by atoms with Gasteiger partial charge in [0.05, 0.1) is 33.9 Å². The number of fused-ring (bicyclic) bond motifs is 4. The number of halogens is 1. The summed E-state index contributed by atoms with van der Waals surface area (Å²) in [6, 6.07) is 11.6. The lowest BCUT2D eigenvalue weighted by Crippen LogP contribution is -2.46. The number of likely N-dealkylation sites (tertiary alicyclic amines) is 1. The Kier molecular flexibility index (Phi) is 8.16. The average molecular weight is 629 g/mol. The summed E-state index contributed by atoms with van der Waals surface area (Å²) < 4.78 is 34.6. The molecule has 2 saturated heterocycles. The molecule has 0 bridgehead atoms. The van der Waals surface area contributed by atoms with E-state index < -0.39 is 5.60 Å². The molecule has 5 heterocycles. The van der Waals surface area contributed by atoms with Crippen LogP contribution in [0.1, 0.15) is 45.1 Å². The Bertz CT molecular complexity index is 1910. The van der Waals surface area contributed by atoms with E-state index in [0.717, 1.165) is 71.7 Å². The first-order valence-corrected chi connectivity index (χ1v) is 16.1. The van der Waals surface area contributed by atoms with Gasteiger partial charge in [0.15, 0.2) is 6.79 Å². The van der Waals surface area contributed by atoms with E-state index in [0.29, 0.717) is 54.3 Å². The Balaban J connectivity index is 1.47. The van der Waals surface area contributed by atoms with Gasteiger partial charge >= 0.3 is 6.01 Å². The quantitative estimate of drug-likeness (QED) is 0.209. The van der Waals surface area contributed by atoms with Gasteiger partial charge in [0.2, 0.25) is 0 Å². The molecule has 0 radical (unpaired) electrons. The minimum Gasteiger partial charge on any atom is -0.468 e. The van der Waals surface area contributed by atoms with Crippen molar-refractivity contribution in [3.63, 3.8) is 0 Å². The van der Waals surface area contributed by atoms with Crippen molar-refractivity contribution in [2.75, 3.05) is 52.1 Å². The van der Waals surface area contributed by atoms with Crippen LogP contribution in [0.25, 0.3) is 38.4 Å². The van der Waals surface area contributed by atoms with Gasteiger partial charge in [0, 0.05) is 31.8 Å². The lowest BCUT2D eigenvalue weighted by atomic mass is 9.94. The largest absolute Gasteiger partial charge is 0.468 e. The molecule has 2 aromatic carbocycles. The summed E-state index contributed by atoms with van der Waals surface area (Å²) in [4.78, 5) is 14.4. The topological polar surface area (TPSA) is 97.5 Å². The molecule has 3 aromatic heterocycles. The van der Waals surface area contributed by atoms with Gasteiger partial charge in [-0.05, 0) is 99.3 Å². The molecule has 242 valence electrons. The van der Waals surface area contributed by atoms with Crippen molar-refractivity contribution < 1.29 is 23.7 Å². The summed E-state index contributed by atoms with van der Waals surface area (Å²) >= 11 is 0. The molecule has 2 aliphatic heterocycles. The first-order chi connectivity index (χ1) is 22.3. The lowest BCUT2D eigenvalue weighted by molar-refractivity contribution is 0.0447. The molecule has 5 aromatic rings. The van der Waals surface area contributed by atoms with Crippen LogP contribution in [-0.2, 0) is 11.2 Å². The Morgan fingerprint density at radius 1 is 1.07 bits per heavy atom. The number of likely N-dealkylation sites (N-methyl/N-ethyl adjacent to an activating group) is 1. The number of pyridine rings is 1. The lowest BCUT2D eigenvalue weighted by Gasteiger charge is -2.38. The molecule has 0 spiro atoms. The number of rotatable bonds is 9. The third-order valence-electron chi connectivity index (χ3n) is 9.46. The predicted octanol–water partition coefficient (Wildman–Crippen LogP) is 5.61. The van der Waals surface area contributed by atoms with Crippen LogP contribution >= 0.6 is 0 Å². The number of benzene rings is 2. The molecule has 10 nitrogen and oxygen atoms in total. The summed E-state index contributed by atoms with van der Waals surface area (Å²) in [6.07, 6.45) is 6.03. The number of nitrogens with zero attached hydrogens (tertiary/aromatic N) is 6. The second-order valence-electron chi connectivity index (χ2n) is 12.9. The van der Waals surface area contributed by atoms with Crippen molar-refractivity contribution in [2.45, 2.75) is 57.6 Å².